The molecule has 0 bridgehead atoms. The number of methoxy groups -OCH3 is 1. The molecule has 3 N–H and O–H groups in total. The van der Waals surface area contributed by atoms with Crippen molar-refractivity contribution in [2.45, 2.75) is 12.6 Å². The van der Waals surface area contributed by atoms with Crippen LogP contribution in [0.5, 0.6) is 0 Å². The van der Waals surface area contributed by atoms with Gasteiger partial charge in [0.25, 0.3) is 0 Å². The van der Waals surface area contributed by atoms with Crippen molar-refractivity contribution in [3.63, 3.8) is 0 Å². The van der Waals surface area contributed by atoms with Gasteiger partial charge in [-0.15, -0.1) is 11.3 Å². The molecule has 1 amide bonds. The fourth-order valence-corrected chi connectivity index (χ4v) is 2.30. The van der Waals surface area contributed by atoms with Gasteiger partial charge >= 0.3 is 0 Å². The highest BCUT2D eigenvalue weighted by Crippen LogP contribution is 2.20. The van der Waals surface area contributed by atoms with Crippen LogP contribution in [0.15, 0.2) is 15.2 Å². The van der Waals surface area contributed by atoms with Crippen LogP contribution in [0.3, 0.4) is 0 Å². The fourth-order valence-electron chi connectivity index (χ4n) is 1.09. The largest absolute Gasteiger partial charge is 0.383 e. The highest BCUT2D eigenvalue weighted by atomic mass is 79.9. The van der Waals surface area contributed by atoms with Gasteiger partial charge in [0.15, 0.2) is 0 Å². The first-order chi connectivity index (χ1) is 7.13. The summed E-state index contributed by atoms with van der Waals surface area (Å²) in [4.78, 5) is 11.0. The molecule has 0 aliphatic rings. The van der Waals surface area contributed by atoms with E-state index in [1.807, 2.05) is 11.4 Å². The van der Waals surface area contributed by atoms with E-state index >= 15 is 0 Å². The first-order valence-corrected chi connectivity index (χ1v) is 6.05. The normalized spacial score (nSPS) is 12.7. The van der Waals surface area contributed by atoms with E-state index in [0.717, 1.165) is 9.35 Å². The molecule has 15 heavy (non-hydrogen) atoms. The summed E-state index contributed by atoms with van der Waals surface area (Å²) >= 11 is 4.98. The summed E-state index contributed by atoms with van der Waals surface area (Å²) in [6.45, 7) is 0.902. The summed E-state index contributed by atoms with van der Waals surface area (Å²) in [5.74, 6) is -0.397. The van der Waals surface area contributed by atoms with Gasteiger partial charge in [-0.2, -0.15) is 0 Å². The average molecular weight is 293 g/mol. The Kier molecular flexibility index (Phi) is 5.24. The Labute approximate surface area is 101 Å². The molecule has 0 spiro atoms. The van der Waals surface area contributed by atoms with Gasteiger partial charge in [-0.05, 0) is 32.9 Å². The second-order valence-corrected chi connectivity index (χ2v) is 5.34. The van der Waals surface area contributed by atoms with Gasteiger partial charge < -0.3 is 10.5 Å². The van der Waals surface area contributed by atoms with E-state index < -0.39 is 11.9 Å². The quantitative estimate of drug-likeness (QED) is 0.825. The first kappa shape index (κ1) is 12.6. The number of primary amides is 1. The zero-order valence-corrected chi connectivity index (χ0v) is 10.7. The van der Waals surface area contributed by atoms with Crippen molar-refractivity contribution in [2.75, 3.05) is 13.7 Å². The molecule has 4 nitrogen and oxygen atoms in total. The van der Waals surface area contributed by atoms with E-state index in [0.29, 0.717) is 13.2 Å². The summed E-state index contributed by atoms with van der Waals surface area (Å²) in [6.07, 6.45) is 0. The lowest BCUT2D eigenvalue weighted by molar-refractivity contribution is -0.121. The molecule has 84 valence electrons. The van der Waals surface area contributed by atoms with Crippen molar-refractivity contribution in [3.05, 3.63) is 20.8 Å². The van der Waals surface area contributed by atoms with Crippen molar-refractivity contribution < 1.29 is 9.53 Å². The molecule has 0 aromatic carbocycles. The first-order valence-electron chi connectivity index (χ1n) is 4.38. The van der Waals surface area contributed by atoms with Crippen molar-refractivity contribution in [1.29, 1.82) is 0 Å². The lowest BCUT2D eigenvalue weighted by Gasteiger charge is -2.13. The molecule has 0 radical (unpaired) electrons. The molecule has 1 unspecified atom stereocenters. The number of hydrogen-bond donors (Lipinski definition) is 2. The Morgan fingerprint density at radius 2 is 2.53 bits per heavy atom. The Hall–Kier alpha value is -0.430. The summed E-state index contributed by atoms with van der Waals surface area (Å²) < 4.78 is 5.96. The number of carbonyl (C=O) groups is 1. The standard InChI is InChI=1S/C9H13BrN2O2S/c1-14-4-7(9(11)13)12-3-6-2-8(10)15-5-6/h2,5,7,12H,3-4H2,1H3,(H2,11,13). The molecule has 1 atom stereocenters. The van der Waals surface area contributed by atoms with E-state index in [-0.39, 0.29) is 0 Å². The van der Waals surface area contributed by atoms with Crippen LogP contribution in [0, 0.1) is 0 Å². The Morgan fingerprint density at radius 3 is 3.00 bits per heavy atom. The van der Waals surface area contributed by atoms with Crippen LogP contribution in [0.1, 0.15) is 5.56 Å². The molecule has 0 saturated heterocycles. The minimum Gasteiger partial charge on any atom is -0.383 e. The van der Waals surface area contributed by atoms with Gasteiger partial charge in [-0.3, -0.25) is 10.1 Å². The van der Waals surface area contributed by atoms with Crippen LogP contribution in [0.4, 0.5) is 0 Å². The van der Waals surface area contributed by atoms with Crippen molar-refractivity contribution in [2.24, 2.45) is 5.73 Å². The summed E-state index contributed by atoms with van der Waals surface area (Å²) in [5.41, 5.74) is 6.32. The number of amides is 1. The van der Waals surface area contributed by atoms with E-state index in [1.54, 1.807) is 18.4 Å². The van der Waals surface area contributed by atoms with Crippen LogP contribution in [0.2, 0.25) is 0 Å². The van der Waals surface area contributed by atoms with Crippen molar-refractivity contribution in [3.8, 4) is 0 Å². The van der Waals surface area contributed by atoms with Crippen molar-refractivity contribution in [1.82, 2.24) is 5.32 Å². The lowest BCUT2D eigenvalue weighted by atomic mass is 10.2. The highest BCUT2D eigenvalue weighted by molar-refractivity contribution is 9.11. The zero-order valence-electron chi connectivity index (χ0n) is 8.33. The van der Waals surface area contributed by atoms with Gasteiger partial charge in [0, 0.05) is 13.7 Å². The number of thiophene rings is 1. The second-order valence-electron chi connectivity index (χ2n) is 3.05. The Balaban J connectivity index is 2.43. The number of rotatable bonds is 6. The topological polar surface area (TPSA) is 64.3 Å². The minimum atomic E-state index is -0.436. The predicted molar refractivity (Wildman–Crippen MR) is 63.7 cm³/mol. The Morgan fingerprint density at radius 1 is 1.80 bits per heavy atom. The second kappa shape index (κ2) is 6.22. The maximum Gasteiger partial charge on any atom is 0.236 e. The van der Waals surface area contributed by atoms with E-state index in [4.69, 9.17) is 10.5 Å². The molecule has 0 saturated carbocycles. The molecular weight excluding hydrogens is 280 g/mol. The molecule has 0 fully saturated rings. The summed E-state index contributed by atoms with van der Waals surface area (Å²) in [5, 5.41) is 5.05. The van der Waals surface area contributed by atoms with Crippen LogP contribution in [-0.4, -0.2) is 25.7 Å². The lowest BCUT2D eigenvalue weighted by Crippen LogP contribution is -2.43. The highest BCUT2D eigenvalue weighted by Gasteiger charge is 2.13. The maximum atomic E-state index is 11.0. The number of hydrogen-bond acceptors (Lipinski definition) is 4. The van der Waals surface area contributed by atoms with Crippen LogP contribution in [-0.2, 0) is 16.1 Å². The molecular formula is C9H13BrN2O2S. The number of nitrogens with two attached hydrogens (primary N) is 1. The SMILES string of the molecule is COCC(NCc1csc(Br)c1)C(N)=O. The van der Waals surface area contributed by atoms with Crippen LogP contribution in [0.25, 0.3) is 0 Å². The third-order valence-corrected chi connectivity index (χ3v) is 3.40. The average Bonchev–Trinajstić information content (AvgIpc) is 2.58. The van der Waals surface area contributed by atoms with Gasteiger partial charge in [0.05, 0.1) is 10.4 Å². The number of nitrogens with one attached hydrogen (secondary N) is 1. The number of ether oxygens (including phenoxy) is 1. The number of carbonyl (C=O) groups excluding carboxylic acids is 1. The summed E-state index contributed by atoms with van der Waals surface area (Å²) in [7, 11) is 1.54. The van der Waals surface area contributed by atoms with E-state index in [1.165, 1.54) is 0 Å². The maximum absolute atomic E-state index is 11.0. The molecule has 6 heteroatoms. The van der Waals surface area contributed by atoms with Gasteiger partial charge in [-0.25, -0.2) is 0 Å². The van der Waals surface area contributed by atoms with E-state index in [9.17, 15) is 4.79 Å². The van der Waals surface area contributed by atoms with E-state index in [2.05, 4.69) is 21.2 Å². The van der Waals surface area contributed by atoms with Crippen molar-refractivity contribution >= 4 is 33.2 Å². The molecule has 1 rings (SSSR count). The number of halogens is 1. The third kappa shape index (κ3) is 4.29. The van der Waals surface area contributed by atoms with Gasteiger partial charge in [0.1, 0.15) is 6.04 Å². The van der Waals surface area contributed by atoms with Crippen LogP contribution >= 0.6 is 27.3 Å². The van der Waals surface area contributed by atoms with Crippen LogP contribution < -0.4 is 11.1 Å². The summed E-state index contributed by atoms with van der Waals surface area (Å²) in [6, 6.07) is 1.57. The monoisotopic (exact) mass is 292 g/mol. The smallest absolute Gasteiger partial charge is 0.236 e. The minimum absolute atomic E-state index is 0.292. The molecule has 0 aliphatic carbocycles. The zero-order chi connectivity index (χ0) is 11.3. The fraction of sp³-hybridized carbons (Fsp3) is 0.444. The van der Waals surface area contributed by atoms with Gasteiger partial charge in [-0.1, -0.05) is 0 Å². The van der Waals surface area contributed by atoms with Gasteiger partial charge in [0.2, 0.25) is 5.91 Å². The molecule has 0 aliphatic heterocycles. The Bertz CT molecular complexity index is 330. The molecule has 1 aromatic rings. The molecule has 1 heterocycles. The predicted octanol–water partition coefficient (Wildman–Crippen LogP) is 1.10. The third-order valence-electron chi connectivity index (χ3n) is 1.85. The molecule has 1 aromatic heterocycles.